The third-order valence-corrected chi connectivity index (χ3v) is 6.36. The molecule has 0 fully saturated rings. The second-order valence-corrected chi connectivity index (χ2v) is 9.37. The molecule has 2 heterocycles. The first-order valence-corrected chi connectivity index (χ1v) is 10.7. The van der Waals surface area contributed by atoms with Crippen LogP contribution in [0.15, 0.2) is 34.1 Å². The van der Waals surface area contributed by atoms with Crippen molar-refractivity contribution < 1.29 is 9.53 Å². The van der Waals surface area contributed by atoms with Crippen LogP contribution >= 0.6 is 51.0 Å². The molecule has 5 nitrogen and oxygen atoms in total. The number of benzene rings is 1. The number of para-hydroxylation sites is 1. The molecular weight excluding hydrogens is 470 g/mol. The minimum Gasteiger partial charge on any atom is -0.492 e. The van der Waals surface area contributed by atoms with Gasteiger partial charge in [-0.1, -0.05) is 17.4 Å². The quantitative estimate of drug-likeness (QED) is 0.459. The summed E-state index contributed by atoms with van der Waals surface area (Å²) in [4.78, 5) is 22.3. The van der Waals surface area contributed by atoms with Crippen molar-refractivity contribution in [3.05, 3.63) is 39.0 Å². The van der Waals surface area contributed by atoms with E-state index < -0.39 is 0 Å². The zero-order chi connectivity index (χ0) is 18.7. The van der Waals surface area contributed by atoms with Gasteiger partial charge in [-0.25, -0.2) is 4.98 Å². The molecule has 0 aliphatic carbocycles. The summed E-state index contributed by atoms with van der Waals surface area (Å²) < 4.78 is 7.64. The number of carbonyl (C=O) groups excluding carboxylic acids is 1. The van der Waals surface area contributed by atoms with Crippen molar-refractivity contribution in [1.29, 1.82) is 0 Å². The lowest BCUT2D eigenvalue weighted by Gasteiger charge is -2.21. The molecule has 2 aromatic heterocycles. The monoisotopic (exact) mass is 489 g/mol. The SMILES string of the molecule is CCOc1cccc2sc(N(CCN(C)C)C(=O)c3ccc(Br)s3)nc12.Cl. The first-order valence-electron chi connectivity index (χ1n) is 8.24. The number of amides is 1. The Morgan fingerprint density at radius 2 is 1.96 bits per heavy atom. The van der Waals surface area contributed by atoms with Crippen molar-refractivity contribution in [1.82, 2.24) is 9.88 Å². The molecule has 0 unspecified atom stereocenters. The Morgan fingerprint density at radius 1 is 1.19 bits per heavy atom. The van der Waals surface area contributed by atoms with Gasteiger partial charge in [-0.05, 0) is 61.2 Å². The number of rotatable bonds is 7. The van der Waals surface area contributed by atoms with Crippen LogP contribution < -0.4 is 9.64 Å². The molecule has 0 bridgehead atoms. The van der Waals surface area contributed by atoms with Crippen molar-refractivity contribution >= 4 is 72.3 Å². The van der Waals surface area contributed by atoms with Crippen molar-refractivity contribution in [2.24, 2.45) is 0 Å². The third kappa shape index (κ3) is 5.20. The Bertz CT molecular complexity index is 913. The largest absolute Gasteiger partial charge is 0.492 e. The Balaban J connectivity index is 0.00000261. The summed E-state index contributed by atoms with van der Waals surface area (Å²) in [6.45, 7) is 3.86. The van der Waals surface area contributed by atoms with E-state index in [-0.39, 0.29) is 18.3 Å². The fourth-order valence-electron chi connectivity index (χ4n) is 2.45. The molecule has 146 valence electrons. The van der Waals surface area contributed by atoms with Crippen LogP contribution in [0.4, 0.5) is 5.13 Å². The number of fused-ring (bicyclic) bond motifs is 1. The summed E-state index contributed by atoms with van der Waals surface area (Å²) in [6, 6.07) is 9.62. The highest BCUT2D eigenvalue weighted by Crippen LogP contribution is 2.35. The smallest absolute Gasteiger partial charge is 0.270 e. The third-order valence-electron chi connectivity index (χ3n) is 3.70. The van der Waals surface area contributed by atoms with Crippen molar-refractivity contribution in [2.75, 3.05) is 38.7 Å². The molecule has 3 aromatic rings. The van der Waals surface area contributed by atoms with Crippen LogP contribution in [-0.4, -0.2) is 49.6 Å². The molecule has 3 rings (SSSR count). The van der Waals surface area contributed by atoms with Gasteiger partial charge in [-0.2, -0.15) is 0 Å². The molecule has 0 N–H and O–H groups in total. The van der Waals surface area contributed by atoms with Crippen LogP contribution in [0.2, 0.25) is 0 Å². The minimum absolute atomic E-state index is 0. The van der Waals surface area contributed by atoms with Crippen LogP contribution in [0, 0.1) is 0 Å². The zero-order valence-electron chi connectivity index (χ0n) is 15.3. The van der Waals surface area contributed by atoms with Crippen LogP contribution in [0.1, 0.15) is 16.6 Å². The first-order chi connectivity index (χ1) is 12.5. The van der Waals surface area contributed by atoms with Gasteiger partial charge in [-0.3, -0.25) is 9.69 Å². The van der Waals surface area contributed by atoms with Gasteiger partial charge in [-0.15, -0.1) is 23.7 Å². The maximum Gasteiger partial charge on any atom is 0.270 e. The Morgan fingerprint density at radius 3 is 2.59 bits per heavy atom. The number of carbonyl (C=O) groups is 1. The van der Waals surface area contributed by atoms with Gasteiger partial charge in [0.25, 0.3) is 5.91 Å². The highest BCUT2D eigenvalue weighted by molar-refractivity contribution is 9.11. The summed E-state index contributed by atoms with van der Waals surface area (Å²) >= 11 is 6.38. The first kappa shape index (κ1) is 22.1. The van der Waals surface area contributed by atoms with Crippen LogP contribution in [0.3, 0.4) is 0 Å². The standard InChI is InChI=1S/C18H20BrN3O2S2.ClH/c1-4-24-12-6-5-7-13-16(12)20-18(26-13)22(11-10-21(2)3)17(23)14-8-9-15(19)25-14;/h5-9H,4,10-11H2,1-3H3;1H. The molecule has 9 heteroatoms. The maximum absolute atomic E-state index is 13.1. The molecule has 27 heavy (non-hydrogen) atoms. The second-order valence-electron chi connectivity index (χ2n) is 5.90. The van der Waals surface area contributed by atoms with E-state index in [0.29, 0.717) is 23.2 Å². The molecule has 0 spiro atoms. The van der Waals surface area contributed by atoms with E-state index in [1.165, 1.54) is 22.7 Å². The summed E-state index contributed by atoms with van der Waals surface area (Å²) in [5.41, 5.74) is 0.810. The Kier molecular flexibility index (Phi) is 8.05. The van der Waals surface area contributed by atoms with E-state index in [0.717, 1.165) is 26.3 Å². The zero-order valence-corrected chi connectivity index (χ0v) is 19.3. The summed E-state index contributed by atoms with van der Waals surface area (Å²) in [5, 5.41) is 0.698. The predicted octanol–water partition coefficient (Wildman–Crippen LogP) is 5.15. The molecule has 1 aromatic carbocycles. The summed E-state index contributed by atoms with van der Waals surface area (Å²) in [6.07, 6.45) is 0. The molecule has 0 aliphatic heterocycles. The number of halogens is 2. The number of thiophene rings is 1. The molecular formula is C18H21BrClN3O2S2. The van der Waals surface area contributed by atoms with Crippen molar-refractivity contribution in [3.63, 3.8) is 0 Å². The van der Waals surface area contributed by atoms with Crippen molar-refractivity contribution in [3.8, 4) is 5.75 Å². The van der Waals surface area contributed by atoms with E-state index in [1.54, 1.807) is 4.90 Å². The fourth-order valence-corrected chi connectivity index (χ4v) is 4.79. The molecule has 1 amide bonds. The average molecular weight is 491 g/mol. The molecule has 0 radical (unpaired) electrons. The van der Waals surface area contributed by atoms with Gasteiger partial charge in [0.1, 0.15) is 11.3 Å². The highest BCUT2D eigenvalue weighted by Gasteiger charge is 2.23. The molecule has 0 saturated heterocycles. The van der Waals surface area contributed by atoms with Gasteiger partial charge in [0.2, 0.25) is 0 Å². The topological polar surface area (TPSA) is 45.7 Å². The van der Waals surface area contributed by atoms with E-state index >= 15 is 0 Å². The van der Waals surface area contributed by atoms with E-state index in [9.17, 15) is 4.79 Å². The normalized spacial score (nSPS) is 10.9. The molecule has 0 atom stereocenters. The highest BCUT2D eigenvalue weighted by atomic mass is 79.9. The van der Waals surface area contributed by atoms with E-state index in [4.69, 9.17) is 9.72 Å². The van der Waals surface area contributed by atoms with Gasteiger partial charge in [0, 0.05) is 13.1 Å². The van der Waals surface area contributed by atoms with Crippen molar-refractivity contribution in [2.45, 2.75) is 6.92 Å². The summed E-state index contributed by atoms with van der Waals surface area (Å²) in [5.74, 6) is 0.728. The lowest BCUT2D eigenvalue weighted by atomic mass is 10.3. The number of likely N-dealkylation sites (N-methyl/N-ethyl adjacent to an activating group) is 1. The number of aromatic nitrogens is 1. The van der Waals surface area contributed by atoms with Crippen LogP contribution in [0.5, 0.6) is 5.75 Å². The lowest BCUT2D eigenvalue weighted by Crippen LogP contribution is -2.36. The number of hydrogen-bond acceptors (Lipinski definition) is 6. The fraction of sp³-hybridized carbons (Fsp3) is 0.333. The van der Waals surface area contributed by atoms with E-state index in [1.807, 2.05) is 51.4 Å². The Hall–Kier alpha value is -1.19. The van der Waals surface area contributed by atoms with E-state index in [2.05, 4.69) is 20.8 Å². The lowest BCUT2D eigenvalue weighted by molar-refractivity contribution is 0.0989. The minimum atomic E-state index is -0.0282. The van der Waals surface area contributed by atoms with Gasteiger partial charge in [0.15, 0.2) is 5.13 Å². The van der Waals surface area contributed by atoms with Crippen LogP contribution in [-0.2, 0) is 0 Å². The number of anilines is 1. The number of thiazole rings is 1. The van der Waals surface area contributed by atoms with Gasteiger partial charge < -0.3 is 9.64 Å². The average Bonchev–Trinajstić information content (AvgIpc) is 3.21. The van der Waals surface area contributed by atoms with Crippen LogP contribution in [0.25, 0.3) is 10.2 Å². The maximum atomic E-state index is 13.1. The van der Waals surface area contributed by atoms with Gasteiger partial charge >= 0.3 is 0 Å². The number of hydrogen-bond donors (Lipinski definition) is 0. The number of ether oxygens (including phenoxy) is 1. The second kappa shape index (κ2) is 9.84. The van der Waals surface area contributed by atoms with Gasteiger partial charge in [0.05, 0.1) is 20.0 Å². The molecule has 0 aliphatic rings. The predicted molar refractivity (Wildman–Crippen MR) is 120 cm³/mol. The molecule has 0 saturated carbocycles. The Labute approximate surface area is 181 Å². The number of nitrogens with zero attached hydrogens (tertiary/aromatic N) is 3. The summed E-state index contributed by atoms with van der Waals surface area (Å²) in [7, 11) is 3.99.